The van der Waals surface area contributed by atoms with Gasteiger partial charge in [-0.15, -0.1) is 10.2 Å². The first-order chi connectivity index (χ1) is 23.3. The monoisotopic (exact) mass is 612 g/mol. The van der Waals surface area contributed by atoms with Gasteiger partial charge in [0.05, 0.1) is 0 Å². The highest BCUT2D eigenvalue weighted by molar-refractivity contribution is 5.63. The number of aromatic nitrogens is 2. The Balaban J connectivity index is 1.08. The van der Waals surface area contributed by atoms with Crippen molar-refractivity contribution in [1.82, 2.24) is 10.2 Å². The molecule has 0 unspecified atom stereocenters. The molecule has 5 heteroatoms. The van der Waals surface area contributed by atoms with E-state index in [2.05, 4.69) is 190 Å². The molecule has 5 nitrogen and oxygen atoms in total. The molecule has 0 amide bonds. The smallest absolute Gasteiger partial charge is 0.248 e. The Bertz CT molecular complexity index is 1730. The molecule has 0 N–H and O–H groups in total. The van der Waals surface area contributed by atoms with Gasteiger partial charge in [0, 0.05) is 48.7 Å². The lowest BCUT2D eigenvalue weighted by Crippen LogP contribution is -2.22. The van der Waals surface area contributed by atoms with Gasteiger partial charge < -0.3 is 14.2 Å². The molecule has 0 atom stereocenters. The van der Waals surface area contributed by atoms with E-state index in [1.807, 2.05) is 0 Å². The molecule has 0 saturated heterocycles. The average molecular weight is 613 g/mol. The van der Waals surface area contributed by atoms with Gasteiger partial charge in [0.2, 0.25) is 11.8 Å². The highest BCUT2D eigenvalue weighted by Gasteiger charge is 2.15. The predicted molar refractivity (Wildman–Crippen MR) is 191 cm³/mol. The molecule has 0 aliphatic rings. The Morgan fingerprint density at radius 3 is 0.894 bits per heavy atom. The molecule has 0 saturated carbocycles. The van der Waals surface area contributed by atoms with Crippen LogP contribution in [0.4, 0.5) is 11.4 Å². The molecule has 0 spiro atoms. The molecule has 0 aliphatic carbocycles. The Hall–Kier alpha value is -5.94. The van der Waals surface area contributed by atoms with Crippen molar-refractivity contribution < 1.29 is 4.42 Å². The Morgan fingerprint density at radius 2 is 0.617 bits per heavy atom. The third-order valence-corrected chi connectivity index (χ3v) is 8.25. The fraction of sp³-hybridized carbons (Fsp3) is 0.0952. The van der Waals surface area contributed by atoms with Gasteiger partial charge in [0.1, 0.15) is 0 Å². The number of nitrogens with zero attached hydrogens (tertiary/aromatic N) is 4. The van der Waals surface area contributed by atoms with Crippen molar-refractivity contribution in [2.45, 2.75) is 26.2 Å². The quantitative estimate of drug-likeness (QED) is 0.137. The third kappa shape index (κ3) is 7.66. The largest absolute Gasteiger partial charge is 0.416 e. The normalized spacial score (nSPS) is 10.9. The van der Waals surface area contributed by atoms with E-state index in [9.17, 15) is 0 Å². The van der Waals surface area contributed by atoms with Crippen molar-refractivity contribution in [1.29, 1.82) is 0 Å². The van der Waals surface area contributed by atoms with Crippen LogP contribution in [0.3, 0.4) is 0 Å². The third-order valence-electron chi connectivity index (χ3n) is 8.25. The van der Waals surface area contributed by atoms with Crippen molar-refractivity contribution in [2.75, 3.05) is 9.80 Å². The first-order valence-electron chi connectivity index (χ1n) is 16.0. The van der Waals surface area contributed by atoms with E-state index in [0.29, 0.717) is 11.8 Å². The lowest BCUT2D eigenvalue weighted by Gasteiger charge is -2.25. The number of hydrogen-bond acceptors (Lipinski definition) is 5. The summed E-state index contributed by atoms with van der Waals surface area (Å²) in [5.41, 5.74) is 9.11. The minimum absolute atomic E-state index is 0.503. The Labute approximate surface area is 276 Å². The summed E-state index contributed by atoms with van der Waals surface area (Å²) >= 11 is 0. The molecule has 1 aromatic heterocycles. The molecule has 6 aromatic carbocycles. The molecule has 7 rings (SSSR count). The maximum Gasteiger partial charge on any atom is 0.248 e. The van der Waals surface area contributed by atoms with Gasteiger partial charge in [-0.1, -0.05) is 121 Å². The van der Waals surface area contributed by atoms with Crippen molar-refractivity contribution in [3.63, 3.8) is 0 Å². The summed E-state index contributed by atoms with van der Waals surface area (Å²) in [6, 6.07) is 59.1. The fourth-order valence-corrected chi connectivity index (χ4v) is 5.78. The zero-order valence-electron chi connectivity index (χ0n) is 26.2. The zero-order valence-corrected chi connectivity index (χ0v) is 26.2. The van der Waals surface area contributed by atoms with Crippen molar-refractivity contribution in [2.24, 2.45) is 0 Å². The van der Waals surface area contributed by atoms with Gasteiger partial charge in [0.25, 0.3) is 0 Å². The molecular weight excluding hydrogens is 576 g/mol. The van der Waals surface area contributed by atoms with E-state index in [0.717, 1.165) is 48.7 Å². The van der Waals surface area contributed by atoms with Gasteiger partial charge in [-0.3, -0.25) is 0 Å². The number of anilines is 2. The maximum atomic E-state index is 6.19. The van der Waals surface area contributed by atoms with Crippen LogP contribution >= 0.6 is 0 Å². The van der Waals surface area contributed by atoms with E-state index in [1.54, 1.807) is 0 Å². The summed E-state index contributed by atoms with van der Waals surface area (Å²) in [6.07, 6.45) is 0. The Morgan fingerprint density at radius 1 is 0.340 bits per heavy atom. The van der Waals surface area contributed by atoms with E-state index in [1.165, 1.54) is 22.3 Å². The van der Waals surface area contributed by atoms with Gasteiger partial charge in [-0.05, 0) is 70.8 Å². The first-order valence-corrected chi connectivity index (χ1v) is 16.0. The van der Waals surface area contributed by atoms with Gasteiger partial charge >= 0.3 is 0 Å². The van der Waals surface area contributed by atoms with E-state index in [4.69, 9.17) is 4.42 Å². The number of hydrogen-bond donors (Lipinski definition) is 0. The molecule has 0 aliphatic heterocycles. The van der Waals surface area contributed by atoms with Gasteiger partial charge in [-0.25, -0.2) is 0 Å². The maximum absolute atomic E-state index is 6.19. The van der Waals surface area contributed by atoms with Crippen LogP contribution in [0.5, 0.6) is 0 Å². The first kappa shape index (κ1) is 29.8. The average Bonchev–Trinajstić information content (AvgIpc) is 3.64. The van der Waals surface area contributed by atoms with Crippen LogP contribution in [-0.2, 0) is 26.2 Å². The highest BCUT2D eigenvalue weighted by Crippen LogP contribution is 2.29. The van der Waals surface area contributed by atoms with Crippen LogP contribution in [-0.4, -0.2) is 10.2 Å². The van der Waals surface area contributed by atoms with E-state index in [-0.39, 0.29) is 0 Å². The van der Waals surface area contributed by atoms with E-state index < -0.39 is 0 Å². The summed E-state index contributed by atoms with van der Waals surface area (Å²) in [5.74, 6) is 1.01. The van der Waals surface area contributed by atoms with Crippen molar-refractivity contribution >= 4 is 11.4 Å². The highest BCUT2D eigenvalue weighted by atomic mass is 16.4. The summed E-state index contributed by atoms with van der Waals surface area (Å²) in [5, 5.41) is 8.80. The molecule has 0 bridgehead atoms. The van der Waals surface area contributed by atoms with Gasteiger partial charge in [-0.2, -0.15) is 0 Å². The van der Waals surface area contributed by atoms with Crippen LogP contribution in [0.25, 0.3) is 22.9 Å². The second-order valence-corrected chi connectivity index (χ2v) is 11.7. The van der Waals surface area contributed by atoms with Crippen LogP contribution in [0, 0.1) is 0 Å². The SMILES string of the molecule is c1ccc(CN(Cc2ccccc2)c2ccc(-c3nnc(-c4ccc(N(Cc5ccccc5)Cc5ccccc5)cc4)o3)cc2)cc1. The minimum atomic E-state index is 0.503. The lowest BCUT2D eigenvalue weighted by atomic mass is 10.1. The topological polar surface area (TPSA) is 45.4 Å². The van der Waals surface area contributed by atoms with Crippen LogP contribution in [0.15, 0.2) is 174 Å². The molecule has 1 heterocycles. The molecule has 230 valence electrons. The fourth-order valence-electron chi connectivity index (χ4n) is 5.78. The summed E-state index contributed by atoms with van der Waals surface area (Å²) < 4.78 is 6.19. The van der Waals surface area contributed by atoms with Crippen molar-refractivity contribution in [3.8, 4) is 22.9 Å². The second-order valence-electron chi connectivity index (χ2n) is 11.7. The van der Waals surface area contributed by atoms with Crippen LogP contribution in [0.1, 0.15) is 22.3 Å². The molecule has 0 radical (unpaired) electrons. The second kappa shape index (κ2) is 14.4. The van der Waals surface area contributed by atoms with Crippen LogP contribution in [0.2, 0.25) is 0 Å². The lowest BCUT2D eigenvalue weighted by molar-refractivity contribution is 0.584. The van der Waals surface area contributed by atoms with E-state index >= 15 is 0 Å². The molecular formula is C42H36N4O. The standard InChI is InChI=1S/C42H36N4O/c1-5-13-33(14-6-1)29-45(30-34-15-7-2-8-16-34)39-25-21-37(22-26-39)41-43-44-42(47-41)38-23-27-40(28-24-38)46(31-35-17-9-3-10-18-35)32-36-19-11-4-12-20-36/h1-28H,29-32H2. The number of benzene rings is 6. The van der Waals surface area contributed by atoms with Crippen LogP contribution < -0.4 is 9.80 Å². The minimum Gasteiger partial charge on any atom is -0.416 e. The summed E-state index contributed by atoms with van der Waals surface area (Å²) in [7, 11) is 0. The Kier molecular flexibility index (Phi) is 9.14. The predicted octanol–water partition coefficient (Wildman–Crippen LogP) is 9.82. The number of rotatable bonds is 12. The van der Waals surface area contributed by atoms with Crippen molar-refractivity contribution in [3.05, 3.63) is 192 Å². The molecule has 7 aromatic rings. The molecule has 47 heavy (non-hydrogen) atoms. The molecule has 0 fully saturated rings. The summed E-state index contributed by atoms with van der Waals surface area (Å²) in [6.45, 7) is 3.24. The van der Waals surface area contributed by atoms with Gasteiger partial charge in [0.15, 0.2) is 0 Å². The summed E-state index contributed by atoms with van der Waals surface area (Å²) in [4.78, 5) is 4.77. The zero-order chi connectivity index (χ0) is 31.7.